The number of benzene rings is 1. The number of terminal acetylenes is 1. The average molecular weight is 244 g/mol. The van der Waals surface area contributed by atoms with Crippen molar-refractivity contribution in [3.8, 4) is 12.3 Å². The minimum atomic E-state index is 0.122. The number of halogens is 2. The second-order valence-corrected chi connectivity index (χ2v) is 3.84. The fourth-order valence-electron chi connectivity index (χ4n) is 0.942. The summed E-state index contributed by atoms with van der Waals surface area (Å²) >= 11 is 9.19. The summed E-state index contributed by atoms with van der Waals surface area (Å²) in [4.78, 5) is 0. The van der Waals surface area contributed by atoms with E-state index in [2.05, 4.69) is 21.9 Å². The third-order valence-electron chi connectivity index (χ3n) is 1.68. The molecule has 1 unspecified atom stereocenters. The van der Waals surface area contributed by atoms with Crippen molar-refractivity contribution >= 4 is 27.5 Å². The Bertz CT molecular complexity index is 325. The molecule has 2 heteroatoms. The van der Waals surface area contributed by atoms with Crippen molar-refractivity contribution in [2.45, 2.75) is 12.8 Å². The van der Waals surface area contributed by atoms with Crippen LogP contribution in [0.4, 0.5) is 0 Å². The molecule has 0 aliphatic carbocycles. The Kier molecular flexibility index (Phi) is 3.20. The van der Waals surface area contributed by atoms with E-state index in [1.165, 1.54) is 0 Å². The smallest absolute Gasteiger partial charge is 0.0432 e. The first-order chi connectivity index (χ1) is 5.65. The zero-order chi connectivity index (χ0) is 9.14. The SMILES string of the molecule is C#CC(C)c1ccc(Cl)cc1Br. The third-order valence-corrected chi connectivity index (χ3v) is 2.60. The van der Waals surface area contributed by atoms with Gasteiger partial charge in [0.1, 0.15) is 0 Å². The third kappa shape index (κ3) is 2.03. The van der Waals surface area contributed by atoms with Gasteiger partial charge in [-0.2, -0.15) is 0 Å². The summed E-state index contributed by atoms with van der Waals surface area (Å²) in [6.45, 7) is 1.98. The van der Waals surface area contributed by atoms with Gasteiger partial charge in [0.25, 0.3) is 0 Å². The first-order valence-corrected chi connectivity index (χ1v) is 4.73. The summed E-state index contributed by atoms with van der Waals surface area (Å²) in [7, 11) is 0. The largest absolute Gasteiger partial charge is 0.119 e. The molecular weight excluding hydrogens is 235 g/mol. The molecule has 1 atom stereocenters. The highest BCUT2D eigenvalue weighted by molar-refractivity contribution is 9.10. The van der Waals surface area contributed by atoms with Crippen LogP contribution in [0.1, 0.15) is 18.4 Å². The summed E-state index contributed by atoms with van der Waals surface area (Å²) in [6.07, 6.45) is 5.31. The average Bonchev–Trinajstić information content (AvgIpc) is 2.03. The van der Waals surface area contributed by atoms with Crippen LogP contribution in [0, 0.1) is 12.3 Å². The molecule has 1 rings (SSSR count). The Balaban J connectivity index is 3.11. The molecule has 1 aromatic rings. The van der Waals surface area contributed by atoms with Gasteiger partial charge in [0.15, 0.2) is 0 Å². The minimum Gasteiger partial charge on any atom is -0.119 e. The molecule has 0 aromatic heterocycles. The Hall–Kier alpha value is -0.450. The lowest BCUT2D eigenvalue weighted by molar-refractivity contribution is 0.997. The first kappa shape index (κ1) is 9.64. The van der Waals surface area contributed by atoms with Crippen molar-refractivity contribution in [3.63, 3.8) is 0 Å². The molecule has 1 aromatic carbocycles. The fraction of sp³-hybridized carbons (Fsp3) is 0.200. The van der Waals surface area contributed by atoms with E-state index in [4.69, 9.17) is 18.0 Å². The molecule has 0 heterocycles. The number of hydrogen-bond donors (Lipinski definition) is 0. The summed E-state index contributed by atoms with van der Waals surface area (Å²) in [6, 6.07) is 5.64. The minimum absolute atomic E-state index is 0.122. The molecule has 0 nitrogen and oxygen atoms in total. The van der Waals surface area contributed by atoms with Crippen molar-refractivity contribution in [1.82, 2.24) is 0 Å². The van der Waals surface area contributed by atoms with Crippen molar-refractivity contribution < 1.29 is 0 Å². The van der Waals surface area contributed by atoms with Crippen LogP contribution in [0.3, 0.4) is 0 Å². The lowest BCUT2D eigenvalue weighted by Crippen LogP contribution is -1.90. The van der Waals surface area contributed by atoms with Gasteiger partial charge in [-0.3, -0.25) is 0 Å². The highest BCUT2D eigenvalue weighted by atomic mass is 79.9. The summed E-state index contributed by atoms with van der Waals surface area (Å²) in [5.41, 5.74) is 1.10. The topological polar surface area (TPSA) is 0 Å². The van der Waals surface area contributed by atoms with E-state index in [0.29, 0.717) is 0 Å². The van der Waals surface area contributed by atoms with Crippen molar-refractivity contribution in [1.29, 1.82) is 0 Å². The highest BCUT2D eigenvalue weighted by Gasteiger charge is 2.05. The Morgan fingerprint density at radius 3 is 2.75 bits per heavy atom. The zero-order valence-corrected chi connectivity index (χ0v) is 8.98. The first-order valence-electron chi connectivity index (χ1n) is 3.56. The van der Waals surface area contributed by atoms with Crippen LogP contribution in [-0.4, -0.2) is 0 Å². The standard InChI is InChI=1S/C10H8BrCl/c1-3-7(2)9-5-4-8(12)6-10(9)11/h1,4-7H,2H3. The van der Waals surface area contributed by atoms with Gasteiger partial charge in [-0.25, -0.2) is 0 Å². The fourth-order valence-corrected chi connectivity index (χ4v) is 1.97. The monoisotopic (exact) mass is 242 g/mol. The quantitative estimate of drug-likeness (QED) is 0.658. The maximum atomic E-state index is 5.78. The van der Waals surface area contributed by atoms with Crippen LogP contribution in [0.2, 0.25) is 5.02 Å². The van der Waals surface area contributed by atoms with Crippen LogP contribution in [-0.2, 0) is 0 Å². The molecule has 12 heavy (non-hydrogen) atoms. The molecule has 0 spiro atoms. The lowest BCUT2D eigenvalue weighted by atomic mass is 10.0. The van der Waals surface area contributed by atoms with Crippen LogP contribution in [0.25, 0.3) is 0 Å². The van der Waals surface area contributed by atoms with E-state index in [9.17, 15) is 0 Å². The molecule has 0 N–H and O–H groups in total. The van der Waals surface area contributed by atoms with E-state index in [1.54, 1.807) is 0 Å². The van der Waals surface area contributed by atoms with Gasteiger partial charge in [-0.05, 0) is 24.6 Å². The van der Waals surface area contributed by atoms with Crippen molar-refractivity contribution in [3.05, 3.63) is 33.3 Å². The van der Waals surface area contributed by atoms with Gasteiger partial charge >= 0.3 is 0 Å². The van der Waals surface area contributed by atoms with Gasteiger partial charge < -0.3 is 0 Å². The maximum Gasteiger partial charge on any atom is 0.0432 e. The second-order valence-electron chi connectivity index (χ2n) is 2.55. The van der Waals surface area contributed by atoms with E-state index in [0.717, 1.165) is 15.1 Å². The van der Waals surface area contributed by atoms with Gasteiger partial charge in [-0.1, -0.05) is 39.5 Å². The predicted molar refractivity (Wildman–Crippen MR) is 56.4 cm³/mol. The molecule has 62 valence electrons. The van der Waals surface area contributed by atoms with E-state index < -0.39 is 0 Å². The molecule has 0 amide bonds. The Morgan fingerprint density at radius 1 is 1.58 bits per heavy atom. The maximum absolute atomic E-state index is 5.78. The van der Waals surface area contributed by atoms with Gasteiger partial charge in [0, 0.05) is 15.4 Å². The summed E-state index contributed by atoms with van der Waals surface area (Å²) in [5.74, 6) is 2.79. The number of rotatable bonds is 1. The predicted octanol–water partition coefficient (Wildman–Crippen LogP) is 3.84. The molecule has 0 saturated carbocycles. The summed E-state index contributed by atoms with van der Waals surface area (Å²) < 4.78 is 0.973. The molecule has 0 fully saturated rings. The number of hydrogen-bond acceptors (Lipinski definition) is 0. The summed E-state index contributed by atoms with van der Waals surface area (Å²) in [5, 5.41) is 0.717. The zero-order valence-electron chi connectivity index (χ0n) is 6.64. The molecule has 0 radical (unpaired) electrons. The highest BCUT2D eigenvalue weighted by Crippen LogP contribution is 2.27. The van der Waals surface area contributed by atoms with E-state index in [-0.39, 0.29) is 5.92 Å². The Labute approximate surface area is 86.1 Å². The van der Waals surface area contributed by atoms with E-state index >= 15 is 0 Å². The van der Waals surface area contributed by atoms with Crippen LogP contribution in [0.15, 0.2) is 22.7 Å². The van der Waals surface area contributed by atoms with Crippen molar-refractivity contribution in [2.24, 2.45) is 0 Å². The van der Waals surface area contributed by atoms with Gasteiger partial charge in [-0.15, -0.1) is 6.42 Å². The van der Waals surface area contributed by atoms with Crippen LogP contribution >= 0.6 is 27.5 Å². The molecule has 0 saturated heterocycles. The van der Waals surface area contributed by atoms with E-state index in [1.807, 2.05) is 25.1 Å². The van der Waals surface area contributed by atoms with Crippen LogP contribution in [0.5, 0.6) is 0 Å². The van der Waals surface area contributed by atoms with Gasteiger partial charge in [0.05, 0.1) is 0 Å². The van der Waals surface area contributed by atoms with Crippen LogP contribution < -0.4 is 0 Å². The second kappa shape index (κ2) is 3.98. The lowest BCUT2D eigenvalue weighted by Gasteiger charge is -2.06. The molecular formula is C10H8BrCl. The molecule has 0 aliphatic heterocycles. The molecule has 0 bridgehead atoms. The van der Waals surface area contributed by atoms with Crippen molar-refractivity contribution in [2.75, 3.05) is 0 Å². The Morgan fingerprint density at radius 2 is 2.25 bits per heavy atom. The van der Waals surface area contributed by atoms with Gasteiger partial charge in [0.2, 0.25) is 0 Å². The molecule has 0 aliphatic rings. The normalized spacial score (nSPS) is 12.2.